The Kier molecular flexibility index (Phi) is 3.90. The molecule has 0 amide bonds. The van der Waals surface area contributed by atoms with Crippen molar-refractivity contribution >= 4 is 11.7 Å². The lowest BCUT2D eigenvalue weighted by Gasteiger charge is -2.08. The van der Waals surface area contributed by atoms with Gasteiger partial charge in [-0.05, 0) is 18.2 Å². The van der Waals surface area contributed by atoms with Gasteiger partial charge in [0.15, 0.2) is 11.5 Å². The van der Waals surface area contributed by atoms with E-state index >= 15 is 0 Å². The smallest absolute Gasteiger partial charge is 0.362 e. The first kappa shape index (κ1) is 13.5. The van der Waals surface area contributed by atoms with Gasteiger partial charge in [-0.25, -0.2) is 9.78 Å². The number of aromatic nitrogens is 1. The van der Waals surface area contributed by atoms with Crippen molar-refractivity contribution < 1.29 is 19.2 Å². The number of benzene rings is 1. The fourth-order valence-electron chi connectivity index (χ4n) is 1.49. The fourth-order valence-corrected chi connectivity index (χ4v) is 1.49. The molecule has 0 aliphatic heterocycles. The Balaban J connectivity index is 2.30. The summed E-state index contributed by atoms with van der Waals surface area (Å²) in [4.78, 5) is 25.8. The van der Waals surface area contributed by atoms with Crippen molar-refractivity contribution in [1.29, 1.82) is 0 Å². The summed E-state index contributed by atoms with van der Waals surface area (Å²) in [6, 6.07) is 8.51. The van der Waals surface area contributed by atoms with Crippen LogP contribution in [-0.2, 0) is 0 Å². The van der Waals surface area contributed by atoms with E-state index in [-0.39, 0.29) is 22.9 Å². The summed E-state index contributed by atoms with van der Waals surface area (Å²) < 4.78 is 10.1. The Morgan fingerprint density at radius 1 is 1.25 bits per heavy atom. The molecule has 2 rings (SSSR count). The lowest BCUT2D eigenvalue weighted by Crippen LogP contribution is -2.11. The summed E-state index contributed by atoms with van der Waals surface area (Å²) >= 11 is 0. The largest absolute Gasteiger partial charge is 0.493 e. The minimum absolute atomic E-state index is 0.0302. The fraction of sp³-hybridized carbons (Fsp3) is 0.0769. The van der Waals surface area contributed by atoms with Crippen LogP contribution in [0.15, 0.2) is 42.6 Å². The van der Waals surface area contributed by atoms with Gasteiger partial charge < -0.3 is 9.47 Å². The number of nitrogens with zero attached hydrogens (tertiary/aromatic N) is 2. The Morgan fingerprint density at radius 2 is 2.05 bits per heavy atom. The monoisotopic (exact) mass is 274 g/mol. The number of ether oxygens (including phenoxy) is 2. The third-order valence-electron chi connectivity index (χ3n) is 2.43. The SMILES string of the molecule is COc1ccc([N+](=O)[O-])cc1OC(=O)c1ccccn1. The molecule has 0 spiro atoms. The van der Waals surface area contributed by atoms with E-state index in [1.54, 1.807) is 12.1 Å². The van der Waals surface area contributed by atoms with E-state index in [0.29, 0.717) is 0 Å². The maximum Gasteiger partial charge on any atom is 0.362 e. The number of esters is 1. The molecule has 2 aromatic rings. The number of hydrogen-bond acceptors (Lipinski definition) is 6. The molecule has 0 saturated carbocycles. The summed E-state index contributed by atoms with van der Waals surface area (Å²) in [6.07, 6.45) is 1.45. The number of rotatable bonds is 4. The predicted molar refractivity (Wildman–Crippen MR) is 68.8 cm³/mol. The molecule has 20 heavy (non-hydrogen) atoms. The zero-order valence-electron chi connectivity index (χ0n) is 10.5. The maximum absolute atomic E-state index is 11.9. The van der Waals surface area contributed by atoms with E-state index in [2.05, 4.69) is 4.98 Å². The van der Waals surface area contributed by atoms with Crippen molar-refractivity contribution in [2.75, 3.05) is 7.11 Å². The second-order valence-corrected chi connectivity index (χ2v) is 3.70. The van der Waals surface area contributed by atoms with E-state index < -0.39 is 10.9 Å². The molecule has 0 bridgehead atoms. The van der Waals surface area contributed by atoms with Crippen LogP contribution in [0.1, 0.15) is 10.5 Å². The summed E-state index contributed by atoms with van der Waals surface area (Å²) in [5.41, 5.74) is -0.101. The van der Waals surface area contributed by atoms with E-state index in [1.165, 1.54) is 31.5 Å². The van der Waals surface area contributed by atoms with Crippen molar-refractivity contribution in [2.45, 2.75) is 0 Å². The molecule has 0 N–H and O–H groups in total. The van der Waals surface area contributed by atoms with E-state index in [1.807, 2.05) is 0 Å². The summed E-state index contributed by atoms with van der Waals surface area (Å²) in [5.74, 6) is -0.526. The second-order valence-electron chi connectivity index (χ2n) is 3.70. The van der Waals surface area contributed by atoms with Crippen LogP contribution in [0.25, 0.3) is 0 Å². The highest BCUT2D eigenvalue weighted by atomic mass is 16.6. The molecule has 1 aromatic carbocycles. The van der Waals surface area contributed by atoms with Gasteiger partial charge in [-0.3, -0.25) is 10.1 Å². The first-order valence-electron chi connectivity index (χ1n) is 5.57. The number of pyridine rings is 1. The normalized spacial score (nSPS) is 9.85. The van der Waals surface area contributed by atoms with Crippen LogP contribution in [0.2, 0.25) is 0 Å². The van der Waals surface area contributed by atoms with Crippen molar-refractivity contribution in [3.8, 4) is 11.5 Å². The minimum Gasteiger partial charge on any atom is -0.493 e. The van der Waals surface area contributed by atoms with Gasteiger partial charge in [-0.1, -0.05) is 6.07 Å². The van der Waals surface area contributed by atoms with Crippen LogP contribution in [-0.4, -0.2) is 23.0 Å². The third-order valence-corrected chi connectivity index (χ3v) is 2.43. The number of carbonyl (C=O) groups is 1. The molecule has 7 nitrogen and oxygen atoms in total. The van der Waals surface area contributed by atoms with Crippen molar-refractivity contribution in [1.82, 2.24) is 4.98 Å². The molecular formula is C13H10N2O5. The average Bonchev–Trinajstić information content (AvgIpc) is 2.48. The zero-order valence-corrected chi connectivity index (χ0v) is 10.5. The van der Waals surface area contributed by atoms with Crippen LogP contribution >= 0.6 is 0 Å². The van der Waals surface area contributed by atoms with Gasteiger partial charge in [0.1, 0.15) is 5.69 Å². The number of nitro benzene ring substituents is 1. The molecule has 7 heteroatoms. The Labute approximate surface area is 113 Å². The van der Waals surface area contributed by atoms with Gasteiger partial charge in [-0.2, -0.15) is 0 Å². The second kappa shape index (κ2) is 5.79. The number of carbonyl (C=O) groups excluding carboxylic acids is 1. The van der Waals surface area contributed by atoms with Crippen molar-refractivity contribution in [3.63, 3.8) is 0 Å². The molecule has 0 fully saturated rings. The van der Waals surface area contributed by atoms with Gasteiger partial charge in [0.2, 0.25) is 0 Å². The number of non-ortho nitro benzene ring substituents is 1. The van der Waals surface area contributed by atoms with E-state index in [4.69, 9.17) is 9.47 Å². The summed E-state index contributed by atoms with van der Waals surface area (Å²) in [7, 11) is 1.37. The quantitative estimate of drug-likeness (QED) is 0.367. The van der Waals surface area contributed by atoms with Crippen LogP contribution in [0.5, 0.6) is 11.5 Å². The number of methoxy groups -OCH3 is 1. The van der Waals surface area contributed by atoms with Crippen molar-refractivity contribution in [2.24, 2.45) is 0 Å². The third kappa shape index (κ3) is 2.89. The maximum atomic E-state index is 11.9. The minimum atomic E-state index is -0.718. The highest BCUT2D eigenvalue weighted by Crippen LogP contribution is 2.31. The highest BCUT2D eigenvalue weighted by Gasteiger charge is 2.17. The van der Waals surface area contributed by atoms with Crippen LogP contribution in [0.4, 0.5) is 5.69 Å². The standard InChI is InChI=1S/C13H10N2O5/c1-19-11-6-5-9(15(17)18)8-12(11)20-13(16)10-4-2-3-7-14-10/h2-8H,1H3. The van der Waals surface area contributed by atoms with E-state index in [9.17, 15) is 14.9 Å². The van der Waals surface area contributed by atoms with Crippen LogP contribution in [0.3, 0.4) is 0 Å². The molecule has 0 aliphatic carbocycles. The molecule has 0 atom stereocenters. The van der Waals surface area contributed by atoms with E-state index in [0.717, 1.165) is 6.07 Å². The first-order valence-corrected chi connectivity index (χ1v) is 5.57. The zero-order chi connectivity index (χ0) is 14.5. The summed E-state index contributed by atoms with van der Waals surface area (Å²) in [5, 5.41) is 10.7. The molecule has 0 radical (unpaired) electrons. The topological polar surface area (TPSA) is 91.6 Å². The molecule has 1 heterocycles. The van der Waals surface area contributed by atoms with Gasteiger partial charge in [0.25, 0.3) is 5.69 Å². The molecule has 0 aliphatic rings. The average molecular weight is 274 g/mol. The predicted octanol–water partition coefficient (Wildman–Crippen LogP) is 2.22. The number of hydrogen-bond donors (Lipinski definition) is 0. The van der Waals surface area contributed by atoms with Gasteiger partial charge >= 0.3 is 5.97 Å². The van der Waals surface area contributed by atoms with Gasteiger partial charge in [-0.15, -0.1) is 0 Å². The highest BCUT2D eigenvalue weighted by molar-refractivity contribution is 5.89. The summed E-state index contributed by atoms with van der Waals surface area (Å²) in [6.45, 7) is 0. The first-order chi connectivity index (χ1) is 9.61. The van der Waals surface area contributed by atoms with Crippen LogP contribution in [0, 0.1) is 10.1 Å². The Bertz CT molecular complexity index is 642. The molecule has 0 saturated heterocycles. The molecule has 102 valence electrons. The molecular weight excluding hydrogens is 264 g/mol. The van der Waals surface area contributed by atoms with Gasteiger partial charge in [0, 0.05) is 12.3 Å². The lowest BCUT2D eigenvalue weighted by molar-refractivity contribution is -0.384. The number of nitro groups is 1. The molecule has 0 unspecified atom stereocenters. The lowest BCUT2D eigenvalue weighted by atomic mass is 10.3. The Morgan fingerprint density at radius 3 is 2.65 bits per heavy atom. The molecule has 1 aromatic heterocycles. The van der Waals surface area contributed by atoms with Crippen LogP contribution < -0.4 is 9.47 Å². The van der Waals surface area contributed by atoms with Gasteiger partial charge in [0.05, 0.1) is 18.1 Å². The Hall–Kier alpha value is -2.96. The van der Waals surface area contributed by atoms with Crippen molar-refractivity contribution in [3.05, 3.63) is 58.4 Å².